The van der Waals surface area contributed by atoms with E-state index in [1.807, 2.05) is 0 Å². The molecule has 2 aromatic carbocycles. The van der Waals surface area contributed by atoms with Crippen molar-refractivity contribution in [3.63, 3.8) is 0 Å². The van der Waals surface area contributed by atoms with Gasteiger partial charge in [0.25, 0.3) is 0 Å². The van der Waals surface area contributed by atoms with Crippen LogP contribution in [-0.4, -0.2) is 0 Å². The van der Waals surface area contributed by atoms with Crippen LogP contribution >= 0.6 is 15.9 Å². The highest BCUT2D eigenvalue weighted by atomic mass is 79.9. The molecule has 0 aliphatic heterocycles. The van der Waals surface area contributed by atoms with Gasteiger partial charge in [-0.3, -0.25) is 0 Å². The topological polar surface area (TPSA) is 26.0 Å². The number of hydrogen-bond donors (Lipinski definition) is 1. The van der Waals surface area contributed by atoms with E-state index in [-0.39, 0.29) is 6.04 Å². The van der Waals surface area contributed by atoms with Crippen molar-refractivity contribution in [1.82, 2.24) is 0 Å². The predicted molar refractivity (Wildman–Crippen MR) is 78.0 cm³/mol. The highest BCUT2D eigenvalue weighted by Gasteiger charge is 2.15. The van der Waals surface area contributed by atoms with Gasteiger partial charge in [0.05, 0.1) is 0 Å². The molecule has 17 heavy (non-hydrogen) atoms. The number of rotatable bonds is 3. The molecule has 2 N–H and O–H groups in total. The third kappa shape index (κ3) is 2.38. The van der Waals surface area contributed by atoms with E-state index in [0.29, 0.717) is 5.92 Å². The first-order valence-electron chi connectivity index (χ1n) is 6.08. The Balaban J connectivity index is 2.58. The lowest BCUT2D eigenvalue weighted by Crippen LogP contribution is -2.18. The molecule has 0 bridgehead atoms. The minimum absolute atomic E-state index is 0.109. The molecule has 0 fully saturated rings. The Morgan fingerprint density at radius 1 is 1.12 bits per heavy atom. The normalized spacial score (nSPS) is 14.8. The van der Waals surface area contributed by atoms with Crippen molar-refractivity contribution in [2.24, 2.45) is 11.7 Å². The molecule has 1 nitrogen and oxygen atoms in total. The van der Waals surface area contributed by atoms with Crippen LogP contribution in [0.5, 0.6) is 0 Å². The maximum absolute atomic E-state index is 6.35. The lowest BCUT2D eigenvalue weighted by molar-refractivity contribution is 0.459. The Kier molecular flexibility index (Phi) is 3.85. The number of benzene rings is 2. The number of fused-ring (bicyclic) bond motifs is 1. The summed E-state index contributed by atoms with van der Waals surface area (Å²) >= 11 is 3.59. The fourth-order valence-electron chi connectivity index (χ4n) is 2.15. The molecule has 0 aliphatic carbocycles. The lowest BCUT2D eigenvalue weighted by Gasteiger charge is -2.20. The molecule has 2 aromatic rings. The summed E-state index contributed by atoms with van der Waals surface area (Å²) in [6.07, 6.45) is 1.10. The van der Waals surface area contributed by atoms with Crippen LogP contribution < -0.4 is 5.73 Å². The van der Waals surface area contributed by atoms with Gasteiger partial charge >= 0.3 is 0 Å². The molecular weight excluding hydrogens is 274 g/mol. The van der Waals surface area contributed by atoms with Crippen LogP contribution in [0.4, 0.5) is 0 Å². The van der Waals surface area contributed by atoms with E-state index >= 15 is 0 Å². The molecule has 0 aromatic heterocycles. The minimum atomic E-state index is 0.109. The van der Waals surface area contributed by atoms with Crippen LogP contribution in [0.3, 0.4) is 0 Å². The summed E-state index contributed by atoms with van der Waals surface area (Å²) < 4.78 is 1.13. The molecule has 0 heterocycles. The summed E-state index contributed by atoms with van der Waals surface area (Å²) in [4.78, 5) is 0. The zero-order valence-corrected chi connectivity index (χ0v) is 11.9. The Hall–Kier alpha value is -0.860. The van der Waals surface area contributed by atoms with Crippen LogP contribution in [0.15, 0.2) is 40.9 Å². The number of hydrogen-bond acceptors (Lipinski definition) is 1. The first-order valence-corrected chi connectivity index (χ1v) is 6.87. The van der Waals surface area contributed by atoms with Gasteiger partial charge in [-0.2, -0.15) is 0 Å². The second-order valence-electron chi connectivity index (χ2n) is 4.59. The van der Waals surface area contributed by atoms with E-state index in [2.05, 4.69) is 66.2 Å². The third-order valence-corrected chi connectivity index (χ3v) is 4.21. The first-order chi connectivity index (χ1) is 8.15. The zero-order chi connectivity index (χ0) is 12.4. The lowest BCUT2D eigenvalue weighted by atomic mass is 9.90. The second-order valence-corrected chi connectivity index (χ2v) is 5.45. The Bertz CT molecular complexity index is 521. The van der Waals surface area contributed by atoms with Gasteiger partial charge in [-0.25, -0.2) is 0 Å². The maximum atomic E-state index is 6.35. The van der Waals surface area contributed by atoms with E-state index in [4.69, 9.17) is 5.73 Å². The average molecular weight is 292 g/mol. The number of nitrogens with two attached hydrogens (primary N) is 1. The van der Waals surface area contributed by atoms with E-state index in [1.54, 1.807) is 0 Å². The van der Waals surface area contributed by atoms with Crippen molar-refractivity contribution in [3.8, 4) is 0 Å². The van der Waals surface area contributed by atoms with Gasteiger partial charge in [-0.15, -0.1) is 0 Å². The van der Waals surface area contributed by atoms with E-state index < -0.39 is 0 Å². The summed E-state index contributed by atoms with van der Waals surface area (Å²) in [5, 5.41) is 2.50. The van der Waals surface area contributed by atoms with Crippen molar-refractivity contribution >= 4 is 26.7 Å². The SMILES string of the molecule is CCC(C)C(N)c1cccc2c(Br)cccc12. The van der Waals surface area contributed by atoms with Crippen molar-refractivity contribution in [3.05, 3.63) is 46.4 Å². The monoisotopic (exact) mass is 291 g/mol. The third-order valence-electron chi connectivity index (χ3n) is 3.52. The highest BCUT2D eigenvalue weighted by molar-refractivity contribution is 9.10. The van der Waals surface area contributed by atoms with Gasteiger partial charge in [0.1, 0.15) is 0 Å². The Morgan fingerprint density at radius 2 is 1.76 bits per heavy atom. The second kappa shape index (κ2) is 5.19. The van der Waals surface area contributed by atoms with Gasteiger partial charge in [0.2, 0.25) is 0 Å². The van der Waals surface area contributed by atoms with Crippen LogP contribution in [0.1, 0.15) is 31.9 Å². The molecule has 0 aliphatic rings. The standard InChI is InChI=1S/C15H18BrN/c1-3-10(2)15(17)13-8-4-7-12-11(13)6-5-9-14(12)16/h4-10,15H,3,17H2,1-2H3. The molecule has 0 spiro atoms. The highest BCUT2D eigenvalue weighted by Crippen LogP contribution is 2.31. The Labute approximate surface area is 111 Å². The van der Waals surface area contributed by atoms with E-state index in [9.17, 15) is 0 Å². The molecule has 90 valence electrons. The van der Waals surface area contributed by atoms with Gasteiger partial charge in [0, 0.05) is 10.5 Å². The fourth-order valence-corrected chi connectivity index (χ4v) is 2.65. The maximum Gasteiger partial charge on any atom is 0.0326 e. The summed E-state index contributed by atoms with van der Waals surface area (Å²) in [6, 6.07) is 12.8. The molecular formula is C15H18BrN. The summed E-state index contributed by atoms with van der Waals surface area (Å²) in [6.45, 7) is 4.40. The molecule has 0 amide bonds. The van der Waals surface area contributed by atoms with Gasteiger partial charge < -0.3 is 5.73 Å². The zero-order valence-electron chi connectivity index (χ0n) is 10.3. The molecule has 0 saturated heterocycles. The molecule has 2 atom stereocenters. The average Bonchev–Trinajstić information content (AvgIpc) is 2.37. The number of halogens is 1. The molecule has 2 unspecified atom stereocenters. The molecule has 0 radical (unpaired) electrons. The van der Waals surface area contributed by atoms with Gasteiger partial charge in [-0.1, -0.05) is 66.5 Å². The van der Waals surface area contributed by atoms with Gasteiger partial charge in [-0.05, 0) is 28.3 Å². The largest absolute Gasteiger partial charge is 0.324 e. The van der Waals surface area contributed by atoms with Crippen molar-refractivity contribution in [2.45, 2.75) is 26.3 Å². The molecule has 2 heteroatoms. The molecule has 2 rings (SSSR count). The van der Waals surface area contributed by atoms with Crippen LogP contribution in [0.25, 0.3) is 10.8 Å². The van der Waals surface area contributed by atoms with Crippen LogP contribution in [0, 0.1) is 5.92 Å². The summed E-state index contributed by atoms with van der Waals surface area (Å²) in [5.74, 6) is 0.500. The summed E-state index contributed by atoms with van der Waals surface area (Å²) in [7, 11) is 0. The summed E-state index contributed by atoms with van der Waals surface area (Å²) in [5.41, 5.74) is 7.60. The Morgan fingerprint density at radius 3 is 2.47 bits per heavy atom. The van der Waals surface area contributed by atoms with E-state index in [1.165, 1.54) is 16.3 Å². The van der Waals surface area contributed by atoms with Crippen molar-refractivity contribution < 1.29 is 0 Å². The fraction of sp³-hybridized carbons (Fsp3) is 0.333. The predicted octanol–water partition coefficient (Wildman–Crippen LogP) is 4.65. The first kappa shape index (κ1) is 12.6. The van der Waals surface area contributed by atoms with Gasteiger partial charge in [0.15, 0.2) is 0 Å². The van der Waals surface area contributed by atoms with E-state index in [0.717, 1.165) is 10.9 Å². The quantitative estimate of drug-likeness (QED) is 0.875. The van der Waals surface area contributed by atoms with Crippen molar-refractivity contribution in [2.75, 3.05) is 0 Å². The smallest absolute Gasteiger partial charge is 0.0326 e. The van der Waals surface area contributed by atoms with Crippen LogP contribution in [0.2, 0.25) is 0 Å². The molecule has 0 saturated carbocycles. The minimum Gasteiger partial charge on any atom is -0.324 e. The van der Waals surface area contributed by atoms with Crippen molar-refractivity contribution in [1.29, 1.82) is 0 Å². The van der Waals surface area contributed by atoms with Crippen LogP contribution in [-0.2, 0) is 0 Å².